The van der Waals surface area contributed by atoms with Crippen LogP contribution in [0.15, 0.2) is 36.7 Å². The molecule has 25 heavy (non-hydrogen) atoms. The Morgan fingerprint density at radius 2 is 1.84 bits per heavy atom. The number of fused-ring (bicyclic) bond motifs is 1. The molecular formula is C19H22N4O2. The van der Waals surface area contributed by atoms with Crippen LogP contribution in [0.5, 0.6) is 11.5 Å². The van der Waals surface area contributed by atoms with E-state index in [-0.39, 0.29) is 0 Å². The number of hydrogen-bond donors (Lipinski definition) is 1. The van der Waals surface area contributed by atoms with E-state index in [0.717, 1.165) is 47.2 Å². The summed E-state index contributed by atoms with van der Waals surface area (Å²) in [5.41, 5.74) is 2.69. The Kier molecular flexibility index (Phi) is 5.28. The zero-order valence-electron chi connectivity index (χ0n) is 14.7. The summed E-state index contributed by atoms with van der Waals surface area (Å²) in [6, 6.07) is 7.77. The second-order valence-corrected chi connectivity index (χ2v) is 5.70. The number of benzene rings is 1. The fourth-order valence-electron chi connectivity index (χ4n) is 2.67. The van der Waals surface area contributed by atoms with Gasteiger partial charge in [-0.25, -0.2) is 4.98 Å². The molecule has 3 aromatic rings. The van der Waals surface area contributed by atoms with Gasteiger partial charge in [-0.2, -0.15) is 10.2 Å². The quantitative estimate of drug-likeness (QED) is 0.659. The zero-order valence-corrected chi connectivity index (χ0v) is 14.7. The van der Waals surface area contributed by atoms with Crippen molar-refractivity contribution >= 4 is 16.7 Å². The van der Waals surface area contributed by atoms with Gasteiger partial charge in [-0.1, -0.05) is 13.3 Å². The van der Waals surface area contributed by atoms with Crippen molar-refractivity contribution in [2.45, 2.75) is 19.8 Å². The number of nitrogens with one attached hydrogen (secondary N) is 1. The first-order valence-corrected chi connectivity index (χ1v) is 8.34. The maximum atomic E-state index is 5.41. The predicted molar refractivity (Wildman–Crippen MR) is 99.3 cm³/mol. The first kappa shape index (κ1) is 17.0. The largest absolute Gasteiger partial charge is 0.493 e. The molecule has 2 heterocycles. The standard InChI is InChI=1S/C19H22N4O2/c1-4-5-8-20-19-7-6-13(11-21-19)15-12-22-23-16-10-18(25-3)17(24-2)9-14(15)16/h6-7,9-12H,4-5,8H2,1-3H3,(H,20,21). The SMILES string of the molecule is CCCCNc1ccc(-c2cnnc3cc(OC)c(OC)cc23)cn1. The molecule has 0 spiro atoms. The summed E-state index contributed by atoms with van der Waals surface area (Å²) < 4.78 is 10.7. The molecule has 0 bridgehead atoms. The van der Waals surface area contributed by atoms with Crippen LogP contribution < -0.4 is 14.8 Å². The number of aromatic nitrogens is 3. The smallest absolute Gasteiger partial charge is 0.162 e. The van der Waals surface area contributed by atoms with Gasteiger partial charge in [0.1, 0.15) is 5.82 Å². The fraction of sp³-hybridized carbons (Fsp3) is 0.316. The van der Waals surface area contributed by atoms with E-state index >= 15 is 0 Å². The summed E-state index contributed by atoms with van der Waals surface area (Å²) >= 11 is 0. The first-order chi connectivity index (χ1) is 12.3. The minimum absolute atomic E-state index is 0.634. The third-order valence-electron chi connectivity index (χ3n) is 4.06. The molecule has 0 aliphatic rings. The highest BCUT2D eigenvalue weighted by molar-refractivity contribution is 5.95. The molecule has 6 heteroatoms. The van der Waals surface area contributed by atoms with Gasteiger partial charge in [-0.05, 0) is 24.6 Å². The Bertz CT molecular complexity index is 850. The van der Waals surface area contributed by atoms with E-state index in [2.05, 4.69) is 27.4 Å². The van der Waals surface area contributed by atoms with Crippen LogP contribution in [0.1, 0.15) is 19.8 Å². The lowest BCUT2D eigenvalue weighted by molar-refractivity contribution is 0.356. The van der Waals surface area contributed by atoms with E-state index in [4.69, 9.17) is 9.47 Å². The number of unbranched alkanes of at least 4 members (excludes halogenated alkanes) is 1. The molecule has 6 nitrogen and oxygen atoms in total. The second-order valence-electron chi connectivity index (χ2n) is 5.70. The minimum Gasteiger partial charge on any atom is -0.493 e. The third kappa shape index (κ3) is 3.63. The Balaban J connectivity index is 1.97. The van der Waals surface area contributed by atoms with E-state index in [1.807, 2.05) is 30.5 Å². The van der Waals surface area contributed by atoms with Gasteiger partial charge in [-0.15, -0.1) is 0 Å². The molecule has 2 aromatic heterocycles. The Hall–Kier alpha value is -2.89. The van der Waals surface area contributed by atoms with Crippen LogP contribution in [0.3, 0.4) is 0 Å². The molecule has 0 saturated carbocycles. The summed E-state index contributed by atoms with van der Waals surface area (Å²) in [7, 11) is 3.23. The van der Waals surface area contributed by atoms with Crippen molar-refractivity contribution in [3.05, 3.63) is 36.7 Å². The summed E-state index contributed by atoms with van der Waals surface area (Å²) in [4.78, 5) is 4.49. The molecule has 0 fully saturated rings. The second kappa shape index (κ2) is 7.79. The van der Waals surface area contributed by atoms with E-state index < -0.39 is 0 Å². The predicted octanol–water partition coefficient (Wildman–Crippen LogP) is 3.92. The van der Waals surface area contributed by atoms with Gasteiger partial charge < -0.3 is 14.8 Å². The van der Waals surface area contributed by atoms with Crippen LogP contribution in [-0.4, -0.2) is 35.9 Å². The van der Waals surface area contributed by atoms with E-state index in [1.54, 1.807) is 20.4 Å². The van der Waals surface area contributed by atoms with Crippen molar-refractivity contribution in [2.24, 2.45) is 0 Å². The molecule has 0 saturated heterocycles. The van der Waals surface area contributed by atoms with Crippen molar-refractivity contribution in [3.63, 3.8) is 0 Å². The highest BCUT2D eigenvalue weighted by atomic mass is 16.5. The van der Waals surface area contributed by atoms with Crippen LogP contribution >= 0.6 is 0 Å². The molecule has 1 N–H and O–H groups in total. The number of methoxy groups -OCH3 is 2. The van der Waals surface area contributed by atoms with Crippen molar-refractivity contribution < 1.29 is 9.47 Å². The van der Waals surface area contributed by atoms with Crippen molar-refractivity contribution in [2.75, 3.05) is 26.1 Å². The summed E-state index contributed by atoms with van der Waals surface area (Å²) in [5.74, 6) is 2.17. The Morgan fingerprint density at radius 3 is 2.52 bits per heavy atom. The van der Waals surface area contributed by atoms with Gasteiger partial charge in [0.15, 0.2) is 11.5 Å². The topological polar surface area (TPSA) is 69.2 Å². The summed E-state index contributed by atoms with van der Waals surface area (Å²) in [6.45, 7) is 3.10. The van der Waals surface area contributed by atoms with Gasteiger partial charge >= 0.3 is 0 Å². The van der Waals surface area contributed by atoms with Gasteiger partial charge in [0, 0.05) is 35.3 Å². The van der Waals surface area contributed by atoms with Gasteiger partial charge in [0.25, 0.3) is 0 Å². The highest BCUT2D eigenvalue weighted by Crippen LogP contribution is 2.35. The lowest BCUT2D eigenvalue weighted by Crippen LogP contribution is -2.02. The average molecular weight is 338 g/mol. The van der Waals surface area contributed by atoms with Crippen molar-refractivity contribution in [1.29, 1.82) is 0 Å². The molecule has 1 aromatic carbocycles. The minimum atomic E-state index is 0.634. The third-order valence-corrected chi connectivity index (χ3v) is 4.06. The molecule has 0 radical (unpaired) electrons. The molecule has 3 rings (SSSR count). The molecule has 0 atom stereocenters. The molecule has 130 valence electrons. The van der Waals surface area contributed by atoms with E-state index in [1.165, 1.54) is 0 Å². The van der Waals surface area contributed by atoms with Crippen molar-refractivity contribution in [1.82, 2.24) is 15.2 Å². The Morgan fingerprint density at radius 1 is 1.04 bits per heavy atom. The molecule has 0 amide bonds. The first-order valence-electron chi connectivity index (χ1n) is 8.34. The maximum absolute atomic E-state index is 5.41. The number of hydrogen-bond acceptors (Lipinski definition) is 6. The molecule has 0 aliphatic heterocycles. The summed E-state index contributed by atoms with van der Waals surface area (Å²) in [6.07, 6.45) is 5.88. The van der Waals surface area contributed by atoms with Gasteiger partial charge in [-0.3, -0.25) is 0 Å². The fourth-order valence-corrected chi connectivity index (χ4v) is 2.67. The highest BCUT2D eigenvalue weighted by Gasteiger charge is 2.12. The van der Waals surface area contributed by atoms with Crippen LogP contribution in [0.4, 0.5) is 5.82 Å². The van der Waals surface area contributed by atoms with Crippen LogP contribution in [0.2, 0.25) is 0 Å². The van der Waals surface area contributed by atoms with Gasteiger partial charge in [0.05, 0.1) is 25.9 Å². The number of pyridine rings is 1. The van der Waals surface area contributed by atoms with E-state index in [0.29, 0.717) is 11.5 Å². The van der Waals surface area contributed by atoms with Crippen molar-refractivity contribution in [3.8, 4) is 22.6 Å². The normalized spacial score (nSPS) is 10.7. The Labute approximate surface area is 147 Å². The zero-order chi connectivity index (χ0) is 17.6. The molecule has 0 aliphatic carbocycles. The number of anilines is 1. The average Bonchev–Trinajstić information content (AvgIpc) is 2.67. The van der Waals surface area contributed by atoms with Crippen LogP contribution in [-0.2, 0) is 0 Å². The lowest BCUT2D eigenvalue weighted by Gasteiger charge is -2.11. The lowest BCUT2D eigenvalue weighted by atomic mass is 10.0. The maximum Gasteiger partial charge on any atom is 0.162 e. The van der Waals surface area contributed by atoms with Crippen LogP contribution in [0, 0.1) is 0 Å². The number of nitrogens with zero attached hydrogens (tertiary/aromatic N) is 3. The molecule has 0 unspecified atom stereocenters. The number of ether oxygens (including phenoxy) is 2. The van der Waals surface area contributed by atoms with Gasteiger partial charge in [0.2, 0.25) is 0 Å². The number of rotatable bonds is 7. The monoisotopic (exact) mass is 338 g/mol. The van der Waals surface area contributed by atoms with E-state index in [9.17, 15) is 0 Å². The molecular weight excluding hydrogens is 316 g/mol. The summed E-state index contributed by atoms with van der Waals surface area (Å²) in [5, 5.41) is 12.6. The van der Waals surface area contributed by atoms with Crippen LogP contribution in [0.25, 0.3) is 22.0 Å².